The van der Waals surface area contributed by atoms with Gasteiger partial charge in [-0.15, -0.1) is 0 Å². The molecule has 1 aliphatic carbocycles. The van der Waals surface area contributed by atoms with Crippen molar-refractivity contribution >= 4 is 29.2 Å². The van der Waals surface area contributed by atoms with E-state index in [1.165, 1.54) is 4.90 Å². The van der Waals surface area contributed by atoms with Gasteiger partial charge in [-0.3, -0.25) is 9.59 Å². The molecule has 6 heteroatoms. The van der Waals surface area contributed by atoms with Crippen LogP contribution in [0.4, 0.5) is 16.2 Å². The molecular formula is C23H25N3O3. The lowest BCUT2D eigenvalue weighted by atomic mass is 10.1. The molecule has 1 saturated heterocycles. The molecule has 0 spiro atoms. The van der Waals surface area contributed by atoms with Crippen LogP contribution in [0, 0.1) is 6.92 Å². The number of anilines is 2. The minimum absolute atomic E-state index is 0.00999. The molecule has 0 radical (unpaired) electrons. The number of amides is 4. The molecule has 1 aliphatic heterocycles. The smallest absolute Gasteiger partial charge is 0.326 e. The quantitative estimate of drug-likeness (QED) is 0.780. The molecule has 2 aromatic rings. The second-order valence-electron chi connectivity index (χ2n) is 7.77. The minimum Gasteiger partial charge on any atom is -0.326 e. The Kier molecular flexibility index (Phi) is 5.34. The average Bonchev–Trinajstić information content (AvgIpc) is 3.30. The van der Waals surface area contributed by atoms with Gasteiger partial charge in [0.05, 0.1) is 12.1 Å². The maximum absolute atomic E-state index is 13.3. The van der Waals surface area contributed by atoms with Crippen molar-refractivity contribution in [1.82, 2.24) is 4.90 Å². The summed E-state index contributed by atoms with van der Waals surface area (Å²) in [6.07, 6.45) is 3.78. The molecule has 4 rings (SSSR count). The highest BCUT2D eigenvalue weighted by Crippen LogP contribution is 2.34. The Labute approximate surface area is 170 Å². The number of carbonyl (C=O) groups is 3. The van der Waals surface area contributed by atoms with Gasteiger partial charge in [0.25, 0.3) is 5.91 Å². The fourth-order valence-corrected chi connectivity index (χ4v) is 4.30. The molecular weight excluding hydrogens is 366 g/mol. The van der Waals surface area contributed by atoms with Crippen molar-refractivity contribution in [2.24, 2.45) is 0 Å². The van der Waals surface area contributed by atoms with Gasteiger partial charge in [-0.25, -0.2) is 9.69 Å². The van der Waals surface area contributed by atoms with E-state index in [9.17, 15) is 14.4 Å². The number of hydrogen-bond donors (Lipinski definition) is 1. The van der Waals surface area contributed by atoms with Crippen LogP contribution in [0.5, 0.6) is 0 Å². The standard InChI is InChI=1S/C23H25N3O3/c1-16-8-7-13-19(14-16)26-22(28)20(25(23(26)29)18-11-5-6-12-18)15-21(27)24-17-9-3-2-4-10-17/h2-4,7-10,13-14,18,20H,5-6,11-12,15H2,1H3,(H,24,27)/t20-/m0/s1. The maximum atomic E-state index is 13.3. The highest BCUT2D eigenvalue weighted by atomic mass is 16.2. The second kappa shape index (κ2) is 8.07. The first-order valence-electron chi connectivity index (χ1n) is 10.1. The van der Waals surface area contributed by atoms with Crippen molar-refractivity contribution in [2.75, 3.05) is 10.2 Å². The third kappa shape index (κ3) is 3.88. The second-order valence-corrected chi connectivity index (χ2v) is 7.77. The molecule has 0 aromatic heterocycles. The van der Waals surface area contributed by atoms with Crippen molar-refractivity contribution in [3.63, 3.8) is 0 Å². The van der Waals surface area contributed by atoms with Gasteiger partial charge in [0, 0.05) is 11.7 Å². The van der Waals surface area contributed by atoms with Gasteiger partial charge in [-0.05, 0) is 49.6 Å². The molecule has 6 nitrogen and oxygen atoms in total. The molecule has 2 aromatic carbocycles. The maximum Gasteiger partial charge on any atom is 0.332 e. The summed E-state index contributed by atoms with van der Waals surface area (Å²) >= 11 is 0. The van der Waals surface area contributed by atoms with E-state index in [2.05, 4.69) is 5.32 Å². The Morgan fingerprint density at radius 3 is 2.45 bits per heavy atom. The number of urea groups is 1. The molecule has 1 saturated carbocycles. The number of nitrogens with one attached hydrogen (secondary N) is 1. The predicted molar refractivity (Wildman–Crippen MR) is 112 cm³/mol. The lowest BCUT2D eigenvalue weighted by molar-refractivity contribution is -0.124. The van der Waals surface area contributed by atoms with Crippen LogP contribution in [0.25, 0.3) is 0 Å². The molecule has 1 atom stereocenters. The number of imide groups is 1. The van der Waals surface area contributed by atoms with Gasteiger partial charge in [0.1, 0.15) is 6.04 Å². The zero-order valence-corrected chi connectivity index (χ0v) is 16.5. The van der Waals surface area contributed by atoms with Crippen LogP contribution >= 0.6 is 0 Å². The average molecular weight is 391 g/mol. The summed E-state index contributed by atoms with van der Waals surface area (Å²) in [5.74, 6) is -0.591. The van der Waals surface area contributed by atoms with E-state index in [0.29, 0.717) is 11.4 Å². The topological polar surface area (TPSA) is 69.7 Å². The summed E-state index contributed by atoms with van der Waals surface area (Å²) in [4.78, 5) is 42.1. The van der Waals surface area contributed by atoms with Crippen LogP contribution in [0.2, 0.25) is 0 Å². The Bertz CT molecular complexity index is 922. The van der Waals surface area contributed by atoms with Gasteiger partial charge >= 0.3 is 6.03 Å². The van der Waals surface area contributed by atoms with E-state index < -0.39 is 6.04 Å². The van der Waals surface area contributed by atoms with Crippen LogP contribution in [-0.4, -0.2) is 34.8 Å². The minimum atomic E-state index is -0.769. The molecule has 2 aliphatic rings. The highest BCUT2D eigenvalue weighted by Gasteiger charge is 2.49. The Morgan fingerprint density at radius 1 is 1.03 bits per heavy atom. The van der Waals surface area contributed by atoms with Crippen LogP contribution < -0.4 is 10.2 Å². The lowest BCUT2D eigenvalue weighted by Crippen LogP contribution is -2.43. The molecule has 2 fully saturated rings. The van der Waals surface area contributed by atoms with Crippen LogP contribution in [0.3, 0.4) is 0 Å². The molecule has 1 heterocycles. The van der Waals surface area contributed by atoms with E-state index in [1.807, 2.05) is 43.3 Å². The van der Waals surface area contributed by atoms with E-state index in [-0.39, 0.29) is 30.3 Å². The molecule has 1 N–H and O–H groups in total. The third-order valence-corrected chi connectivity index (χ3v) is 5.67. The lowest BCUT2D eigenvalue weighted by Gasteiger charge is -2.27. The van der Waals surface area contributed by atoms with E-state index >= 15 is 0 Å². The fourth-order valence-electron chi connectivity index (χ4n) is 4.30. The van der Waals surface area contributed by atoms with Crippen molar-refractivity contribution in [1.29, 1.82) is 0 Å². The number of hydrogen-bond acceptors (Lipinski definition) is 3. The number of para-hydroxylation sites is 1. The summed E-state index contributed by atoms with van der Waals surface area (Å²) in [6, 6.07) is 15.4. The van der Waals surface area contributed by atoms with Crippen molar-refractivity contribution in [3.05, 3.63) is 60.2 Å². The van der Waals surface area contributed by atoms with Crippen LogP contribution in [-0.2, 0) is 9.59 Å². The van der Waals surface area contributed by atoms with Gasteiger partial charge in [0.2, 0.25) is 5.91 Å². The molecule has 0 unspecified atom stereocenters. The van der Waals surface area contributed by atoms with E-state index in [0.717, 1.165) is 31.2 Å². The number of benzene rings is 2. The molecule has 150 valence electrons. The van der Waals surface area contributed by atoms with Crippen molar-refractivity contribution < 1.29 is 14.4 Å². The Balaban J connectivity index is 1.59. The number of nitrogens with zero attached hydrogens (tertiary/aromatic N) is 2. The summed E-state index contributed by atoms with van der Waals surface area (Å²) in [5.41, 5.74) is 2.21. The summed E-state index contributed by atoms with van der Waals surface area (Å²) < 4.78 is 0. The first kappa shape index (κ1) is 19.2. The van der Waals surface area contributed by atoms with Gasteiger partial charge in [-0.2, -0.15) is 0 Å². The summed E-state index contributed by atoms with van der Waals surface area (Å²) in [5, 5.41) is 2.83. The van der Waals surface area contributed by atoms with Gasteiger partial charge in [-0.1, -0.05) is 43.2 Å². The highest BCUT2D eigenvalue weighted by molar-refractivity contribution is 6.22. The van der Waals surface area contributed by atoms with E-state index in [1.54, 1.807) is 23.1 Å². The molecule has 29 heavy (non-hydrogen) atoms. The van der Waals surface area contributed by atoms with Gasteiger partial charge < -0.3 is 10.2 Å². The normalized spacial score (nSPS) is 19.8. The van der Waals surface area contributed by atoms with Gasteiger partial charge in [0.15, 0.2) is 0 Å². The number of aryl methyl sites for hydroxylation is 1. The largest absolute Gasteiger partial charge is 0.332 e. The monoisotopic (exact) mass is 391 g/mol. The SMILES string of the molecule is Cc1cccc(N2C(=O)[C@H](CC(=O)Nc3ccccc3)N(C3CCCC3)C2=O)c1. The zero-order valence-electron chi connectivity index (χ0n) is 16.5. The first-order chi connectivity index (χ1) is 14.0. The van der Waals surface area contributed by atoms with Crippen LogP contribution in [0.15, 0.2) is 54.6 Å². The third-order valence-electron chi connectivity index (χ3n) is 5.67. The number of carbonyl (C=O) groups excluding carboxylic acids is 3. The van der Waals surface area contributed by atoms with E-state index in [4.69, 9.17) is 0 Å². The van der Waals surface area contributed by atoms with Crippen molar-refractivity contribution in [3.8, 4) is 0 Å². The number of rotatable bonds is 5. The van der Waals surface area contributed by atoms with Crippen LogP contribution in [0.1, 0.15) is 37.7 Å². The molecule has 4 amide bonds. The molecule has 0 bridgehead atoms. The summed E-state index contributed by atoms with van der Waals surface area (Å²) in [7, 11) is 0. The zero-order chi connectivity index (χ0) is 20.4. The Morgan fingerprint density at radius 2 is 1.76 bits per heavy atom. The van der Waals surface area contributed by atoms with Crippen molar-refractivity contribution in [2.45, 2.75) is 51.1 Å². The summed E-state index contributed by atoms with van der Waals surface area (Å²) in [6.45, 7) is 1.92. The first-order valence-corrected chi connectivity index (χ1v) is 10.1. The Hall–Kier alpha value is -3.15. The predicted octanol–water partition coefficient (Wildman–Crippen LogP) is 4.10. The fraction of sp³-hybridized carbons (Fsp3) is 0.348.